The number of amides is 2. The molecule has 0 aliphatic rings. The molecule has 6 heteroatoms. The van der Waals surface area contributed by atoms with Gasteiger partial charge in [-0.3, -0.25) is 9.59 Å². The molecule has 1 aromatic carbocycles. The van der Waals surface area contributed by atoms with E-state index in [0.29, 0.717) is 5.82 Å². The lowest BCUT2D eigenvalue weighted by Gasteiger charge is -2.12. The number of methoxy groups -OCH3 is 1. The van der Waals surface area contributed by atoms with Crippen LogP contribution in [0.3, 0.4) is 0 Å². The Kier molecular flexibility index (Phi) is 6.08. The highest BCUT2D eigenvalue weighted by Crippen LogP contribution is 2.12. The molecule has 1 heterocycles. The lowest BCUT2D eigenvalue weighted by Crippen LogP contribution is -2.41. The van der Waals surface area contributed by atoms with Gasteiger partial charge in [-0.1, -0.05) is 18.2 Å². The number of anilines is 1. The van der Waals surface area contributed by atoms with Crippen molar-refractivity contribution in [2.45, 2.75) is 13.0 Å². The van der Waals surface area contributed by atoms with E-state index in [9.17, 15) is 9.59 Å². The van der Waals surface area contributed by atoms with E-state index in [0.717, 1.165) is 11.3 Å². The average molecular weight is 325 g/mol. The number of hydrogen-bond acceptors (Lipinski definition) is 4. The van der Waals surface area contributed by atoms with Gasteiger partial charge < -0.3 is 15.4 Å². The van der Waals surface area contributed by atoms with Crippen LogP contribution in [0.4, 0.5) is 5.82 Å². The van der Waals surface area contributed by atoms with Crippen LogP contribution in [-0.4, -0.2) is 29.9 Å². The molecule has 1 atom stereocenters. The van der Waals surface area contributed by atoms with Gasteiger partial charge in [-0.15, -0.1) is 0 Å². The Labute approximate surface area is 140 Å². The molecule has 1 aromatic heterocycles. The van der Waals surface area contributed by atoms with Crippen LogP contribution in [0.1, 0.15) is 12.5 Å². The van der Waals surface area contributed by atoms with Gasteiger partial charge in [0.25, 0.3) is 0 Å². The van der Waals surface area contributed by atoms with E-state index in [1.54, 1.807) is 56.6 Å². The van der Waals surface area contributed by atoms with E-state index in [4.69, 9.17) is 4.74 Å². The van der Waals surface area contributed by atoms with Crippen molar-refractivity contribution in [3.8, 4) is 5.75 Å². The van der Waals surface area contributed by atoms with E-state index >= 15 is 0 Å². The van der Waals surface area contributed by atoms with Gasteiger partial charge in [0.2, 0.25) is 11.8 Å². The number of rotatable bonds is 6. The van der Waals surface area contributed by atoms with Gasteiger partial charge in [-0.25, -0.2) is 4.98 Å². The van der Waals surface area contributed by atoms with Crippen molar-refractivity contribution in [2.24, 2.45) is 0 Å². The first-order chi connectivity index (χ1) is 11.6. The first-order valence-electron chi connectivity index (χ1n) is 7.43. The zero-order valence-electron chi connectivity index (χ0n) is 13.5. The number of aromatic nitrogens is 1. The Balaban J connectivity index is 1.86. The molecule has 2 rings (SSSR count). The SMILES string of the molecule is COc1ccc(/C=C/C(=O)NC(C)C(=O)Nc2ccccn2)cc1. The summed E-state index contributed by atoms with van der Waals surface area (Å²) < 4.78 is 5.07. The highest BCUT2D eigenvalue weighted by molar-refractivity contribution is 5.99. The molecule has 0 fully saturated rings. The van der Waals surface area contributed by atoms with Crippen molar-refractivity contribution in [2.75, 3.05) is 12.4 Å². The van der Waals surface area contributed by atoms with Gasteiger partial charge in [0.05, 0.1) is 7.11 Å². The van der Waals surface area contributed by atoms with E-state index in [2.05, 4.69) is 15.6 Å². The predicted molar refractivity (Wildman–Crippen MR) is 92.5 cm³/mol. The normalized spacial score (nSPS) is 11.8. The highest BCUT2D eigenvalue weighted by Gasteiger charge is 2.14. The van der Waals surface area contributed by atoms with Gasteiger partial charge in [-0.05, 0) is 42.8 Å². The third-order valence-corrected chi connectivity index (χ3v) is 3.21. The molecule has 0 saturated heterocycles. The van der Waals surface area contributed by atoms with E-state index < -0.39 is 6.04 Å². The number of hydrogen-bond donors (Lipinski definition) is 2. The number of carbonyl (C=O) groups is 2. The maximum atomic E-state index is 12.0. The van der Waals surface area contributed by atoms with Crippen LogP contribution in [-0.2, 0) is 9.59 Å². The monoisotopic (exact) mass is 325 g/mol. The summed E-state index contributed by atoms with van der Waals surface area (Å²) in [7, 11) is 1.59. The Morgan fingerprint density at radius 2 is 1.92 bits per heavy atom. The minimum atomic E-state index is -0.681. The van der Waals surface area contributed by atoms with Crippen LogP contribution in [0.2, 0.25) is 0 Å². The van der Waals surface area contributed by atoms with Crippen molar-refractivity contribution in [1.82, 2.24) is 10.3 Å². The quantitative estimate of drug-likeness (QED) is 0.798. The van der Waals surface area contributed by atoms with Crippen molar-refractivity contribution < 1.29 is 14.3 Å². The number of pyridine rings is 1. The summed E-state index contributed by atoms with van der Waals surface area (Å²) >= 11 is 0. The topological polar surface area (TPSA) is 80.3 Å². The van der Waals surface area contributed by atoms with Crippen molar-refractivity contribution >= 4 is 23.7 Å². The predicted octanol–water partition coefficient (Wildman–Crippen LogP) is 2.25. The average Bonchev–Trinajstić information content (AvgIpc) is 2.61. The Hall–Kier alpha value is -3.15. The fourth-order valence-electron chi connectivity index (χ4n) is 1.89. The molecule has 0 aliphatic carbocycles. The standard InChI is InChI=1S/C18H19N3O3/c1-13(18(23)21-16-5-3-4-12-19-16)20-17(22)11-8-14-6-9-15(24-2)10-7-14/h3-13H,1-2H3,(H,20,22)(H,19,21,23)/b11-8+. The number of nitrogens with one attached hydrogen (secondary N) is 2. The number of nitrogens with zero attached hydrogens (tertiary/aromatic N) is 1. The molecular formula is C18H19N3O3. The third kappa shape index (κ3) is 5.24. The van der Waals surface area contributed by atoms with Crippen molar-refractivity contribution in [3.05, 3.63) is 60.3 Å². The molecule has 2 amide bonds. The molecule has 124 valence electrons. The van der Waals surface area contributed by atoms with Crippen LogP contribution < -0.4 is 15.4 Å². The number of carbonyl (C=O) groups excluding carboxylic acids is 2. The summed E-state index contributed by atoms with van der Waals surface area (Å²) in [6, 6.07) is 11.8. The summed E-state index contributed by atoms with van der Waals surface area (Å²) in [6.07, 6.45) is 4.63. The molecule has 0 aliphatic heterocycles. The summed E-state index contributed by atoms with van der Waals surface area (Å²) in [6.45, 7) is 1.61. The fourth-order valence-corrected chi connectivity index (χ4v) is 1.89. The van der Waals surface area contributed by atoms with Crippen LogP contribution >= 0.6 is 0 Å². The summed E-state index contributed by atoms with van der Waals surface area (Å²) in [5.74, 6) is 0.503. The van der Waals surface area contributed by atoms with E-state index in [-0.39, 0.29) is 11.8 Å². The fraction of sp³-hybridized carbons (Fsp3) is 0.167. The smallest absolute Gasteiger partial charge is 0.247 e. The van der Waals surface area contributed by atoms with Crippen molar-refractivity contribution in [3.63, 3.8) is 0 Å². The highest BCUT2D eigenvalue weighted by atomic mass is 16.5. The number of benzene rings is 1. The molecule has 2 aromatic rings. The van der Waals surface area contributed by atoms with Gasteiger partial charge in [0, 0.05) is 12.3 Å². The minimum absolute atomic E-state index is 0.333. The molecular weight excluding hydrogens is 306 g/mol. The van der Waals surface area contributed by atoms with E-state index in [1.165, 1.54) is 6.08 Å². The molecule has 1 unspecified atom stereocenters. The Bertz CT molecular complexity index is 712. The second-order valence-electron chi connectivity index (χ2n) is 5.04. The van der Waals surface area contributed by atoms with Crippen LogP contribution in [0, 0.1) is 0 Å². The van der Waals surface area contributed by atoms with Crippen LogP contribution in [0.5, 0.6) is 5.75 Å². The molecule has 0 bridgehead atoms. The molecule has 2 N–H and O–H groups in total. The molecule has 6 nitrogen and oxygen atoms in total. The zero-order valence-corrected chi connectivity index (χ0v) is 13.5. The first-order valence-corrected chi connectivity index (χ1v) is 7.43. The summed E-state index contributed by atoms with van der Waals surface area (Å²) in [5.41, 5.74) is 0.858. The lowest BCUT2D eigenvalue weighted by molar-refractivity contribution is -0.123. The molecule has 24 heavy (non-hydrogen) atoms. The number of ether oxygens (including phenoxy) is 1. The Morgan fingerprint density at radius 1 is 1.17 bits per heavy atom. The summed E-state index contributed by atoms with van der Waals surface area (Å²) in [4.78, 5) is 27.9. The molecule has 0 saturated carbocycles. The van der Waals surface area contributed by atoms with E-state index in [1.807, 2.05) is 12.1 Å². The van der Waals surface area contributed by atoms with Gasteiger partial charge in [0.1, 0.15) is 17.6 Å². The molecule has 0 radical (unpaired) electrons. The minimum Gasteiger partial charge on any atom is -0.497 e. The third-order valence-electron chi connectivity index (χ3n) is 3.21. The first kappa shape index (κ1) is 17.2. The maximum Gasteiger partial charge on any atom is 0.247 e. The lowest BCUT2D eigenvalue weighted by atomic mass is 10.2. The van der Waals surface area contributed by atoms with Gasteiger partial charge >= 0.3 is 0 Å². The van der Waals surface area contributed by atoms with Gasteiger partial charge in [-0.2, -0.15) is 0 Å². The second-order valence-corrected chi connectivity index (χ2v) is 5.04. The Morgan fingerprint density at radius 3 is 2.54 bits per heavy atom. The van der Waals surface area contributed by atoms with Crippen LogP contribution in [0.15, 0.2) is 54.7 Å². The molecule has 0 spiro atoms. The largest absolute Gasteiger partial charge is 0.497 e. The summed E-state index contributed by atoms with van der Waals surface area (Å²) in [5, 5.41) is 5.23. The maximum absolute atomic E-state index is 12.0. The second kappa shape index (κ2) is 8.47. The zero-order chi connectivity index (χ0) is 17.4. The van der Waals surface area contributed by atoms with Crippen molar-refractivity contribution in [1.29, 1.82) is 0 Å². The van der Waals surface area contributed by atoms with Gasteiger partial charge in [0.15, 0.2) is 0 Å². The van der Waals surface area contributed by atoms with Crippen LogP contribution in [0.25, 0.3) is 6.08 Å².